The molecule has 0 atom stereocenters. The van der Waals surface area contributed by atoms with E-state index >= 15 is 0 Å². The van der Waals surface area contributed by atoms with Gasteiger partial charge in [0.1, 0.15) is 11.4 Å². The first-order valence-corrected chi connectivity index (χ1v) is 5.47. The van der Waals surface area contributed by atoms with E-state index in [-0.39, 0.29) is 5.82 Å². The Hall–Kier alpha value is -0.980. The molecular weight excluding hydrogens is 175 g/mol. The Morgan fingerprint density at radius 3 is 1.86 bits per heavy atom. The minimum Gasteiger partial charge on any atom is -0.204 e. The van der Waals surface area contributed by atoms with Crippen LogP contribution in [0.3, 0.4) is 0 Å². The molecule has 2 aliphatic carbocycles. The molecule has 0 saturated heterocycles. The molecule has 1 aromatic carbocycles. The molecule has 0 heterocycles. The van der Waals surface area contributed by atoms with E-state index in [4.69, 9.17) is 0 Å². The highest BCUT2D eigenvalue weighted by Crippen LogP contribution is 2.53. The maximum Gasteiger partial charge on any atom is 0.149 e. The predicted molar refractivity (Wildman–Crippen MR) is 54.2 cm³/mol. The third-order valence-corrected chi connectivity index (χ3v) is 3.21. The van der Waals surface area contributed by atoms with Crippen molar-refractivity contribution in [2.24, 2.45) is 11.8 Å². The molecule has 2 saturated carbocycles. The van der Waals surface area contributed by atoms with Gasteiger partial charge in [-0.1, -0.05) is 0 Å². The Morgan fingerprint density at radius 2 is 1.43 bits per heavy atom. The molecule has 0 bridgehead atoms. The second-order valence-corrected chi connectivity index (χ2v) is 4.51. The van der Waals surface area contributed by atoms with Crippen LogP contribution in [0, 0.1) is 23.6 Å². The minimum absolute atomic E-state index is 0.125. The Kier molecular flexibility index (Phi) is 1.79. The topological polar surface area (TPSA) is 0 Å². The Morgan fingerprint density at radius 1 is 0.929 bits per heavy atom. The first kappa shape index (κ1) is 8.34. The molecule has 0 amide bonds. The summed E-state index contributed by atoms with van der Waals surface area (Å²) >= 11 is 0. The summed E-state index contributed by atoms with van der Waals surface area (Å²) in [6, 6.07) is 7.06. The Bertz CT molecular complexity index is 308. The molecule has 0 N–H and O–H groups in total. The minimum atomic E-state index is -0.125. The van der Waals surface area contributed by atoms with Crippen molar-refractivity contribution < 1.29 is 4.39 Å². The zero-order chi connectivity index (χ0) is 9.54. The van der Waals surface area contributed by atoms with Crippen molar-refractivity contribution >= 4 is 0 Å². The van der Waals surface area contributed by atoms with E-state index in [0.29, 0.717) is 0 Å². The van der Waals surface area contributed by atoms with Crippen molar-refractivity contribution in [1.29, 1.82) is 0 Å². The summed E-state index contributed by atoms with van der Waals surface area (Å²) in [7, 11) is 0. The lowest BCUT2D eigenvalue weighted by Crippen LogP contribution is -2.04. The molecule has 0 aliphatic heterocycles. The molecule has 3 rings (SSSR count). The predicted octanol–water partition coefficient (Wildman–Crippen LogP) is 3.57. The SMILES string of the molecule is Fc1ccc([C+](C2CC2)C2CC2)cc1. The highest BCUT2D eigenvalue weighted by Gasteiger charge is 2.47. The molecule has 2 aliphatic rings. The Balaban J connectivity index is 1.86. The van der Waals surface area contributed by atoms with Crippen LogP contribution in [-0.4, -0.2) is 0 Å². The average molecular weight is 189 g/mol. The first-order chi connectivity index (χ1) is 6.84. The first-order valence-electron chi connectivity index (χ1n) is 5.47. The number of hydrogen-bond donors (Lipinski definition) is 0. The number of rotatable bonds is 3. The number of benzene rings is 1. The van der Waals surface area contributed by atoms with Crippen LogP contribution >= 0.6 is 0 Å². The van der Waals surface area contributed by atoms with Crippen LogP contribution in [0.4, 0.5) is 4.39 Å². The van der Waals surface area contributed by atoms with Crippen LogP contribution < -0.4 is 0 Å². The highest BCUT2D eigenvalue weighted by atomic mass is 19.1. The highest BCUT2D eigenvalue weighted by molar-refractivity contribution is 5.37. The lowest BCUT2D eigenvalue weighted by atomic mass is 9.90. The van der Waals surface area contributed by atoms with Gasteiger partial charge in [-0.15, -0.1) is 0 Å². The fourth-order valence-corrected chi connectivity index (χ4v) is 2.24. The summed E-state index contributed by atoms with van der Waals surface area (Å²) in [6.07, 6.45) is 5.40. The summed E-state index contributed by atoms with van der Waals surface area (Å²) in [6.45, 7) is 0. The Labute approximate surface area is 84.1 Å². The number of halogens is 1. The molecule has 0 unspecified atom stereocenters. The van der Waals surface area contributed by atoms with Gasteiger partial charge in [-0.25, -0.2) is 4.39 Å². The van der Waals surface area contributed by atoms with Gasteiger partial charge in [-0.05, 0) is 25.7 Å². The lowest BCUT2D eigenvalue weighted by Gasteiger charge is -2.07. The normalized spacial score (nSPS) is 20.9. The van der Waals surface area contributed by atoms with E-state index in [1.54, 1.807) is 18.1 Å². The second kappa shape index (κ2) is 3.01. The van der Waals surface area contributed by atoms with Crippen molar-refractivity contribution in [3.05, 3.63) is 41.6 Å². The van der Waals surface area contributed by atoms with Gasteiger partial charge in [0.05, 0.1) is 0 Å². The summed E-state index contributed by atoms with van der Waals surface area (Å²) in [4.78, 5) is 0. The van der Waals surface area contributed by atoms with Crippen LogP contribution in [0.25, 0.3) is 0 Å². The van der Waals surface area contributed by atoms with Gasteiger partial charge in [-0.2, -0.15) is 0 Å². The molecule has 0 nitrogen and oxygen atoms in total. The molecule has 72 valence electrons. The van der Waals surface area contributed by atoms with E-state index in [1.807, 2.05) is 12.1 Å². The van der Waals surface area contributed by atoms with E-state index in [0.717, 1.165) is 11.8 Å². The van der Waals surface area contributed by atoms with Crippen LogP contribution in [0.2, 0.25) is 0 Å². The third kappa shape index (κ3) is 1.52. The van der Waals surface area contributed by atoms with Crippen molar-refractivity contribution in [1.82, 2.24) is 0 Å². The quantitative estimate of drug-likeness (QED) is 0.638. The van der Waals surface area contributed by atoms with E-state index in [9.17, 15) is 4.39 Å². The molecular formula is C13H14F+. The molecule has 0 spiro atoms. The molecule has 1 heteroatoms. The molecule has 0 radical (unpaired) electrons. The fourth-order valence-electron chi connectivity index (χ4n) is 2.24. The smallest absolute Gasteiger partial charge is 0.149 e. The summed E-state index contributed by atoms with van der Waals surface area (Å²) < 4.78 is 12.8. The average Bonchev–Trinajstić information content (AvgIpc) is 3.00. The maximum absolute atomic E-state index is 12.8. The fraction of sp³-hybridized carbons (Fsp3) is 0.462. The van der Waals surface area contributed by atoms with Gasteiger partial charge in [0.25, 0.3) is 0 Å². The maximum atomic E-state index is 12.8. The monoisotopic (exact) mass is 189 g/mol. The molecule has 2 fully saturated rings. The van der Waals surface area contributed by atoms with Gasteiger partial charge < -0.3 is 0 Å². The van der Waals surface area contributed by atoms with Crippen LogP contribution in [0.1, 0.15) is 31.2 Å². The zero-order valence-electron chi connectivity index (χ0n) is 8.17. The van der Waals surface area contributed by atoms with E-state index in [2.05, 4.69) is 0 Å². The van der Waals surface area contributed by atoms with E-state index in [1.165, 1.54) is 31.2 Å². The zero-order valence-corrected chi connectivity index (χ0v) is 8.17. The summed E-state index contributed by atoms with van der Waals surface area (Å²) in [5, 5.41) is 0. The standard InChI is InChI=1S/C13H14F/c14-12-7-5-11(6-8-12)13(9-1-2-9)10-3-4-10/h5-10H,1-4H2/q+1. The van der Waals surface area contributed by atoms with Gasteiger partial charge in [0, 0.05) is 42.0 Å². The van der Waals surface area contributed by atoms with Gasteiger partial charge in [-0.3, -0.25) is 0 Å². The van der Waals surface area contributed by atoms with E-state index < -0.39 is 0 Å². The van der Waals surface area contributed by atoms with Crippen molar-refractivity contribution in [3.8, 4) is 0 Å². The number of hydrogen-bond acceptors (Lipinski definition) is 0. The van der Waals surface area contributed by atoms with Gasteiger partial charge in [0.2, 0.25) is 0 Å². The second-order valence-electron chi connectivity index (χ2n) is 4.51. The molecule has 14 heavy (non-hydrogen) atoms. The van der Waals surface area contributed by atoms with Gasteiger partial charge in [0.15, 0.2) is 0 Å². The van der Waals surface area contributed by atoms with Crippen LogP contribution in [0.5, 0.6) is 0 Å². The molecule has 1 aromatic rings. The molecule has 0 aromatic heterocycles. The van der Waals surface area contributed by atoms with Gasteiger partial charge >= 0.3 is 0 Å². The van der Waals surface area contributed by atoms with Crippen molar-refractivity contribution in [2.45, 2.75) is 25.7 Å². The van der Waals surface area contributed by atoms with Crippen molar-refractivity contribution in [3.63, 3.8) is 0 Å². The third-order valence-electron chi connectivity index (χ3n) is 3.21. The van der Waals surface area contributed by atoms with Crippen LogP contribution in [-0.2, 0) is 0 Å². The summed E-state index contributed by atoms with van der Waals surface area (Å²) in [5.74, 6) is 3.14. The largest absolute Gasteiger partial charge is 0.204 e. The summed E-state index contributed by atoms with van der Waals surface area (Å²) in [5.41, 5.74) is 1.29. The lowest BCUT2D eigenvalue weighted by molar-refractivity contribution is 0.626. The van der Waals surface area contributed by atoms with Crippen molar-refractivity contribution in [2.75, 3.05) is 0 Å². The van der Waals surface area contributed by atoms with Crippen LogP contribution in [0.15, 0.2) is 24.3 Å².